The van der Waals surface area contributed by atoms with Gasteiger partial charge in [0.15, 0.2) is 5.82 Å². The number of nitrogens with one attached hydrogen (secondary N) is 2. The fourth-order valence-electron chi connectivity index (χ4n) is 6.37. The van der Waals surface area contributed by atoms with E-state index < -0.39 is 0 Å². The predicted molar refractivity (Wildman–Crippen MR) is 133 cm³/mol. The van der Waals surface area contributed by atoms with Crippen LogP contribution in [0.25, 0.3) is 0 Å². The van der Waals surface area contributed by atoms with Crippen molar-refractivity contribution >= 4 is 23.5 Å². The first-order valence-corrected chi connectivity index (χ1v) is 13.5. The van der Waals surface area contributed by atoms with Crippen molar-refractivity contribution in [1.29, 1.82) is 0 Å². The largest absolute Gasteiger partial charge is 0.341 e. The molecule has 1 atom stereocenters. The number of aromatic amines is 1. The van der Waals surface area contributed by atoms with E-state index in [1.165, 1.54) is 43.4 Å². The van der Waals surface area contributed by atoms with Gasteiger partial charge in [0.05, 0.1) is 5.69 Å². The Hall–Kier alpha value is -2.64. The van der Waals surface area contributed by atoms with Gasteiger partial charge in [0.2, 0.25) is 11.9 Å². The number of nitrogens with zero attached hydrogens (tertiary/aromatic N) is 5. The summed E-state index contributed by atoms with van der Waals surface area (Å²) in [6.07, 6.45) is 14.9. The number of aryl methyl sites for hydroxylation is 1. The van der Waals surface area contributed by atoms with Gasteiger partial charge >= 0.3 is 0 Å². The lowest BCUT2D eigenvalue weighted by atomic mass is 9.87. The minimum Gasteiger partial charge on any atom is -0.341 e. The summed E-state index contributed by atoms with van der Waals surface area (Å²) in [6, 6.07) is 2.04. The Kier molecular flexibility index (Phi) is 6.14. The van der Waals surface area contributed by atoms with E-state index in [1.807, 2.05) is 4.90 Å². The van der Waals surface area contributed by atoms with Crippen LogP contribution in [0.1, 0.15) is 93.5 Å². The first-order valence-electron chi connectivity index (χ1n) is 13.5. The fourth-order valence-corrected chi connectivity index (χ4v) is 6.37. The first-order chi connectivity index (χ1) is 16.8. The third-order valence-corrected chi connectivity index (χ3v) is 8.27. The molecule has 2 aromatic rings. The van der Waals surface area contributed by atoms with Gasteiger partial charge in [-0.05, 0) is 64.2 Å². The molecule has 34 heavy (non-hydrogen) atoms. The maximum absolute atomic E-state index is 13.2. The van der Waals surface area contributed by atoms with Crippen LogP contribution in [0, 0.1) is 0 Å². The Bertz CT molecular complexity index is 1020. The average molecular weight is 464 g/mol. The van der Waals surface area contributed by atoms with Crippen molar-refractivity contribution in [2.24, 2.45) is 0 Å². The van der Waals surface area contributed by atoms with Crippen LogP contribution in [0.5, 0.6) is 0 Å². The molecule has 6 rings (SSSR count). The van der Waals surface area contributed by atoms with E-state index in [0.29, 0.717) is 11.9 Å². The van der Waals surface area contributed by atoms with Crippen LogP contribution < -0.4 is 10.2 Å². The molecule has 8 nitrogen and oxygen atoms in total. The lowest BCUT2D eigenvalue weighted by Crippen LogP contribution is -2.45. The Balaban J connectivity index is 1.27. The number of likely N-dealkylation sites (tertiary alicyclic amines) is 1. The Labute approximate surface area is 201 Å². The molecule has 8 heteroatoms. The predicted octanol–water partition coefficient (Wildman–Crippen LogP) is 4.46. The Morgan fingerprint density at radius 2 is 1.74 bits per heavy atom. The lowest BCUT2D eigenvalue weighted by molar-refractivity contribution is -0.131. The second kappa shape index (κ2) is 9.55. The molecule has 4 aliphatic rings. The number of anilines is 3. The number of hydrogen-bond donors (Lipinski definition) is 2. The molecule has 0 radical (unpaired) electrons. The zero-order valence-electron chi connectivity index (χ0n) is 20.2. The number of H-pyrrole nitrogens is 1. The number of carbonyl (C=O) groups is 1. The Morgan fingerprint density at radius 1 is 0.912 bits per heavy atom. The van der Waals surface area contributed by atoms with Gasteiger partial charge in [-0.25, -0.2) is 4.98 Å². The van der Waals surface area contributed by atoms with Crippen LogP contribution in [0.4, 0.5) is 17.6 Å². The summed E-state index contributed by atoms with van der Waals surface area (Å²) < 4.78 is 0. The van der Waals surface area contributed by atoms with E-state index in [1.54, 1.807) is 0 Å². The molecular formula is C26H37N7O. The van der Waals surface area contributed by atoms with Crippen molar-refractivity contribution in [3.8, 4) is 0 Å². The van der Waals surface area contributed by atoms with Crippen LogP contribution in [0.15, 0.2) is 6.07 Å². The van der Waals surface area contributed by atoms with Gasteiger partial charge in [-0.1, -0.05) is 19.3 Å². The van der Waals surface area contributed by atoms with Crippen LogP contribution in [-0.2, 0) is 17.6 Å². The lowest BCUT2D eigenvalue weighted by Gasteiger charge is -2.29. The maximum atomic E-state index is 13.2. The number of rotatable bonds is 5. The van der Waals surface area contributed by atoms with Crippen LogP contribution >= 0.6 is 0 Å². The van der Waals surface area contributed by atoms with Crippen molar-refractivity contribution < 1.29 is 4.79 Å². The van der Waals surface area contributed by atoms with E-state index in [0.717, 1.165) is 88.3 Å². The highest BCUT2D eigenvalue weighted by molar-refractivity contribution is 5.85. The molecule has 2 saturated heterocycles. The van der Waals surface area contributed by atoms with E-state index in [-0.39, 0.29) is 11.9 Å². The summed E-state index contributed by atoms with van der Waals surface area (Å²) in [5, 5.41) is 11.4. The van der Waals surface area contributed by atoms with Crippen molar-refractivity contribution in [3.63, 3.8) is 0 Å². The quantitative estimate of drug-likeness (QED) is 0.680. The first kappa shape index (κ1) is 21.9. The molecule has 0 aromatic carbocycles. The van der Waals surface area contributed by atoms with Gasteiger partial charge < -0.3 is 15.1 Å². The second-order valence-electron chi connectivity index (χ2n) is 10.6. The molecule has 0 spiro atoms. The Morgan fingerprint density at radius 3 is 2.59 bits per heavy atom. The normalized spacial score (nSPS) is 23.4. The monoisotopic (exact) mass is 463 g/mol. The van der Waals surface area contributed by atoms with E-state index in [9.17, 15) is 4.79 Å². The molecule has 2 N–H and O–H groups in total. The molecule has 2 aliphatic heterocycles. The van der Waals surface area contributed by atoms with Gasteiger partial charge in [0.1, 0.15) is 11.9 Å². The standard InChI is InChI=1S/C26H37N7O/c34-25(32-14-6-7-15-32)22-13-8-16-33(22)26-27-20-12-5-4-11-19(20)24(29-26)28-23-17-21(30-31-23)18-9-2-1-3-10-18/h17-18,22H,1-16H2,(H2,27,28,29,30,31). The van der Waals surface area contributed by atoms with Gasteiger partial charge in [0, 0.05) is 42.9 Å². The summed E-state index contributed by atoms with van der Waals surface area (Å²) in [7, 11) is 0. The summed E-state index contributed by atoms with van der Waals surface area (Å²) in [4.78, 5) is 27.5. The fraction of sp³-hybridized carbons (Fsp3) is 0.692. The summed E-state index contributed by atoms with van der Waals surface area (Å²) in [5.41, 5.74) is 3.60. The zero-order chi connectivity index (χ0) is 22.9. The minimum atomic E-state index is -0.129. The molecule has 4 heterocycles. The van der Waals surface area contributed by atoms with Crippen molar-refractivity contribution in [3.05, 3.63) is 23.0 Å². The number of amides is 1. The maximum Gasteiger partial charge on any atom is 0.245 e. The van der Waals surface area contributed by atoms with Gasteiger partial charge in [-0.15, -0.1) is 0 Å². The molecule has 0 bridgehead atoms. The second-order valence-corrected chi connectivity index (χ2v) is 10.6. The topological polar surface area (TPSA) is 90.0 Å². The SMILES string of the molecule is O=C(C1CCCN1c1nc2c(c(Nc3cc(C4CCCCC4)[nH]n3)n1)CCCC2)N1CCCC1. The van der Waals surface area contributed by atoms with E-state index in [4.69, 9.17) is 9.97 Å². The molecule has 3 fully saturated rings. The number of aromatic nitrogens is 4. The number of fused-ring (bicyclic) bond motifs is 1. The van der Waals surface area contributed by atoms with Crippen LogP contribution in [0.3, 0.4) is 0 Å². The molecule has 2 aromatic heterocycles. The van der Waals surface area contributed by atoms with Gasteiger partial charge in [-0.2, -0.15) is 10.1 Å². The van der Waals surface area contributed by atoms with Crippen LogP contribution in [-0.4, -0.2) is 56.6 Å². The number of carbonyl (C=O) groups excluding carboxylic acids is 1. The van der Waals surface area contributed by atoms with Crippen molar-refractivity contribution in [2.45, 2.75) is 95.4 Å². The summed E-state index contributed by atoms with van der Waals surface area (Å²) in [5.74, 6) is 3.27. The van der Waals surface area contributed by atoms with Crippen molar-refractivity contribution in [2.75, 3.05) is 29.9 Å². The highest BCUT2D eigenvalue weighted by Crippen LogP contribution is 2.35. The average Bonchev–Trinajstić information content (AvgIpc) is 3.66. The molecule has 2 aliphatic carbocycles. The zero-order valence-corrected chi connectivity index (χ0v) is 20.2. The highest BCUT2D eigenvalue weighted by atomic mass is 16.2. The molecule has 1 saturated carbocycles. The summed E-state index contributed by atoms with van der Waals surface area (Å²) >= 11 is 0. The molecule has 182 valence electrons. The third-order valence-electron chi connectivity index (χ3n) is 8.27. The molecule has 1 amide bonds. The molecule has 1 unspecified atom stereocenters. The third kappa shape index (κ3) is 4.27. The highest BCUT2D eigenvalue weighted by Gasteiger charge is 2.36. The van der Waals surface area contributed by atoms with E-state index >= 15 is 0 Å². The van der Waals surface area contributed by atoms with Crippen molar-refractivity contribution in [1.82, 2.24) is 25.1 Å². The minimum absolute atomic E-state index is 0.129. The number of hydrogen-bond acceptors (Lipinski definition) is 6. The summed E-state index contributed by atoms with van der Waals surface area (Å²) in [6.45, 7) is 2.63. The van der Waals surface area contributed by atoms with E-state index in [2.05, 4.69) is 26.5 Å². The van der Waals surface area contributed by atoms with Gasteiger partial charge in [0.25, 0.3) is 0 Å². The van der Waals surface area contributed by atoms with Crippen LogP contribution in [0.2, 0.25) is 0 Å². The van der Waals surface area contributed by atoms with Gasteiger partial charge in [-0.3, -0.25) is 9.89 Å². The molecular weight excluding hydrogens is 426 g/mol. The smallest absolute Gasteiger partial charge is 0.245 e.